The fourth-order valence-corrected chi connectivity index (χ4v) is 2.95. The van der Waals surface area contributed by atoms with Crippen LogP contribution >= 0.6 is 0 Å². The van der Waals surface area contributed by atoms with E-state index in [9.17, 15) is 9.59 Å². The van der Waals surface area contributed by atoms with E-state index in [0.29, 0.717) is 18.9 Å². The van der Waals surface area contributed by atoms with E-state index in [-0.39, 0.29) is 23.9 Å². The molecule has 2 heterocycles. The molecule has 2 atom stereocenters. The molecule has 21 heavy (non-hydrogen) atoms. The molecular formula is C16H21N3O2. The lowest BCUT2D eigenvalue weighted by Gasteiger charge is -2.39. The Morgan fingerprint density at radius 1 is 1.33 bits per heavy atom. The van der Waals surface area contributed by atoms with Crippen molar-refractivity contribution < 1.29 is 9.59 Å². The summed E-state index contributed by atoms with van der Waals surface area (Å²) in [6, 6.07) is 4.97. The smallest absolute Gasteiger partial charge is 0.246 e. The Morgan fingerprint density at radius 2 is 2.14 bits per heavy atom. The summed E-state index contributed by atoms with van der Waals surface area (Å²) >= 11 is 0. The second kappa shape index (κ2) is 5.84. The minimum atomic E-state index is -0.362. The monoisotopic (exact) mass is 287 g/mol. The molecule has 0 bridgehead atoms. The molecular weight excluding hydrogens is 266 g/mol. The Bertz CT molecular complexity index is 528. The molecule has 5 nitrogen and oxygen atoms in total. The van der Waals surface area contributed by atoms with Crippen LogP contribution in [0, 0.1) is 5.92 Å². The van der Waals surface area contributed by atoms with Crippen molar-refractivity contribution in [1.29, 1.82) is 0 Å². The van der Waals surface area contributed by atoms with Crippen molar-refractivity contribution in [1.82, 2.24) is 15.2 Å². The maximum absolute atomic E-state index is 12.7. The maximum Gasteiger partial charge on any atom is 0.246 e. The first-order chi connectivity index (χ1) is 10.2. The van der Waals surface area contributed by atoms with Crippen molar-refractivity contribution in [2.75, 3.05) is 0 Å². The van der Waals surface area contributed by atoms with Gasteiger partial charge in [0, 0.05) is 6.20 Å². The molecule has 2 unspecified atom stereocenters. The van der Waals surface area contributed by atoms with Crippen LogP contribution in [-0.4, -0.2) is 33.8 Å². The van der Waals surface area contributed by atoms with E-state index in [0.717, 1.165) is 25.0 Å². The summed E-state index contributed by atoms with van der Waals surface area (Å²) in [7, 11) is 0. The molecule has 2 aliphatic rings. The van der Waals surface area contributed by atoms with E-state index in [1.54, 1.807) is 11.1 Å². The molecule has 0 aromatic carbocycles. The largest absolute Gasteiger partial charge is 0.342 e. The topological polar surface area (TPSA) is 62.3 Å². The number of carbonyl (C=O) groups excluding carboxylic acids is 2. The number of piperazine rings is 1. The predicted molar refractivity (Wildman–Crippen MR) is 78.1 cm³/mol. The second-order valence-corrected chi connectivity index (χ2v) is 5.92. The minimum Gasteiger partial charge on any atom is -0.342 e. The summed E-state index contributed by atoms with van der Waals surface area (Å²) < 4.78 is 0. The molecule has 2 fully saturated rings. The first kappa shape index (κ1) is 14.0. The second-order valence-electron chi connectivity index (χ2n) is 5.92. The molecule has 3 rings (SSSR count). The summed E-state index contributed by atoms with van der Waals surface area (Å²) in [6.07, 6.45) is 5.36. The third kappa shape index (κ3) is 2.91. The lowest BCUT2D eigenvalue weighted by Crippen LogP contribution is -2.63. The van der Waals surface area contributed by atoms with Crippen molar-refractivity contribution >= 4 is 11.8 Å². The number of amides is 2. The molecule has 5 heteroatoms. The number of hydrogen-bond donors (Lipinski definition) is 1. The van der Waals surface area contributed by atoms with Gasteiger partial charge in [-0.2, -0.15) is 0 Å². The van der Waals surface area contributed by atoms with E-state index in [4.69, 9.17) is 0 Å². The molecule has 1 saturated carbocycles. The predicted octanol–water partition coefficient (Wildman–Crippen LogP) is 1.49. The van der Waals surface area contributed by atoms with E-state index >= 15 is 0 Å². The molecule has 1 aromatic rings. The quantitative estimate of drug-likeness (QED) is 0.892. The zero-order chi connectivity index (χ0) is 14.8. The molecule has 1 N–H and O–H groups in total. The molecule has 2 amide bonds. The normalized spacial score (nSPS) is 25.9. The van der Waals surface area contributed by atoms with Gasteiger partial charge in [0.25, 0.3) is 0 Å². The van der Waals surface area contributed by atoms with Crippen LogP contribution in [0.5, 0.6) is 0 Å². The zero-order valence-electron chi connectivity index (χ0n) is 12.3. The molecule has 112 valence electrons. The molecule has 1 aliphatic heterocycles. The van der Waals surface area contributed by atoms with Gasteiger partial charge in [0.05, 0.1) is 12.2 Å². The van der Waals surface area contributed by atoms with Gasteiger partial charge in [-0.15, -0.1) is 0 Å². The average molecular weight is 287 g/mol. The Labute approximate surface area is 124 Å². The number of rotatable bonds is 5. The lowest BCUT2D eigenvalue weighted by molar-refractivity contribution is -0.151. The van der Waals surface area contributed by atoms with Gasteiger partial charge >= 0.3 is 0 Å². The fourth-order valence-electron chi connectivity index (χ4n) is 2.95. The van der Waals surface area contributed by atoms with E-state index < -0.39 is 0 Å². The van der Waals surface area contributed by atoms with E-state index in [1.165, 1.54) is 0 Å². The highest BCUT2D eigenvalue weighted by atomic mass is 16.2. The number of aromatic nitrogens is 1. The third-order valence-corrected chi connectivity index (χ3v) is 4.24. The molecule has 1 saturated heterocycles. The van der Waals surface area contributed by atoms with Crippen molar-refractivity contribution in [3.63, 3.8) is 0 Å². The van der Waals surface area contributed by atoms with Gasteiger partial charge in [-0.25, -0.2) is 0 Å². The zero-order valence-corrected chi connectivity index (χ0v) is 12.3. The summed E-state index contributed by atoms with van der Waals surface area (Å²) in [5.74, 6) is 0.376. The van der Waals surface area contributed by atoms with Crippen molar-refractivity contribution in [3.05, 3.63) is 30.1 Å². The van der Waals surface area contributed by atoms with Gasteiger partial charge in [-0.3, -0.25) is 14.6 Å². The van der Waals surface area contributed by atoms with Gasteiger partial charge in [0.1, 0.15) is 12.1 Å². The first-order valence-electron chi connectivity index (χ1n) is 7.71. The van der Waals surface area contributed by atoms with Crippen LogP contribution in [0.2, 0.25) is 0 Å². The SMILES string of the molecule is CCCC1C(=O)NC(C2CC2)C(=O)N1Cc1ccccn1. The highest BCUT2D eigenvalue weighted by molar-refractivity contribution is 5.97. The van der Waals surface area contributed by atoms with Crippen LogP contribution in [0.3, 0.4) is 0 Å². The van der Waals surface area contributed by atoms with Crippen LogP contribution in [-0.2, 0) is 16.1 Å². The summed E-state index contributed by atoms with van der Waals surface area (Å²) in [4.78, 5) is 31.1. The summed E-state index contributed by atoms with van der Waals surface area (Å²) in [5.41, 5.74) is 0.830. The molecule has 0 radical (unpaired) electrons. The van der Waals surface area contributed by atoms with Crippen molar-refractivity contribution in [2.24, 2.45) is 5.92 Å². The standard InChI is InChI=1S/C16H21N3O2/c1-2-5-13-15(20)18-14(11-7-8-11)16(21)19(13)10-12-6-3-4-9-17-12/h3-4,6,9,11,13-14H,2,5,7-8,10H2,1H3,(H,18,20). The van der Waals surface area contributed by atoms with Crippen molar-refractivity contribution in [2.45, 2.75) is 51.2 Å². The minimum absolute atomic E-state index is 0.00992. The lowest BCUT2D eigenvalue weighted by atomic mass is 10.00. The van der Waals surface area contributed by atoms with Crippen LogP contribution in [0.25, 0.3) is 0 Å². The van der Waals surface area contributed by atoms with Crippen LogP contribution < -0.4 is 5.32 Å². The van der Waals surface area contributed by atoms with Crippen LogP contribution in [0.15, 0.2) is 24.4 Å². The summed E-state index contributed by atoms with van der Waals surface area (Å²) in [6.45, 7) is 2.45. The van der Waals surface area contributed by atoms with Crippen LogP contribution in [0.4, 0.5) is 0 Å². The number of nitrogens with one attached hydrogen (secondary N) is 1. The van der Waals surface area contributed by atoms with E-state index in [1.807, 2.05) is 25.1 Å². The number of carbonyl (C=O) groups is 2. The fraction of sp³-hybridized carbons (Fsp3) is 0.562. The highest BCUT2D eigenvalue weighted by Gasteiger charge is 2.46. The van der Waals surface area contributed by atoms with Crippen molar-refractivity contribution in [3.8, 4) is 0 Å². The van der Waals surface area contributed by atoms with Gasteiger partial charge in [-0.1, -0.05) is 19.4 Å². The number of pyridine rings is 1. The van der Waals surface area contributed by atoms with E-state index in [2.05, 4.69) is 10.3 Å². The molecule has 1 aromatic heterocycles. The van der Waals surface area contributed by atoms with Crippen LogP contribution in [0.1, 0.15) is 38.3 Å². The summed E-state index contributed by atoms with van der Waals surface area (Å²) in [5, 5.41) is 2.93. The molecule has 1 aliphatic carbocycles. The Morgan fingerprint density at radius 3 is 2.76 bits per heavy atom. The third-order valence-electron chi connectivity index (χ3n) is 4.24. The first-order valence-corrected chi connectivity index (χ1v) is 7.71. The molecule has 0 spiro atoms. The average Bonchev–Trinajstić information content (AvgIpc) is 3.32. The number of nitrogens with zero attached hydrogens (tertiary/aromatic N) is 2. The Hall–Kier alpha value is -1.91. The van der Waals surface area contributed by atoms with Gasteiger partial charge in [-0.05, 0) is 37.3 Å². The highest BCUT2D eigenvalue weighted by Crippen LogP contribution is 2.35. The van der Waals surface area contributed by atoms with Gasteiger partial charge in [0.2, 0.25) is 11.8 Å². The number of hydrogen-bond acceptors (Lipinski definition) is 3. The Kier molecular flexibility index (Phi) is 3.90. The Balaban J connectivity index is 1.82. The maximum atomic E-state index is 12.7. The van der Waals surface area contributed by atoms with Gasteiger partial charge in [0.15, 0.2) is 0 Å². The van der Waals surface area contributed by atoms with Gasteiger partial charge < -0.3 is 10.2 Å².